The standard InChI is InChI=1S/C32H28FN7O/c1-18-9-20(11-23(33)10-18)29-25-14-28(38-27(25)7-8-35-29)30-26-13-22(16-36-31(26)40-39-30)21-12-24(17-34-15-21)37-32(41)19-5-3-2-4-6-19/h7-17,19,38H,2-6H2,1H3,(H,37,41)(H,36,39,40). The second-order valence-electron chi connectivity index (χ2n) is 10.8. The lowest BCUT2D eigenvalue weighted by atomic mass is 9.88. The summed E-state index contributed by atoms with van der Waals surface area (Å²) >= 11 is 0. The average molecular weight is 546 g/mol. The number of carbonyl (C=O) groups is 1. The highest BCUT2D eigenvalue weighted by Gasteiger charge is 2.21. The van der Waals surface area contributed by atoms with Gasteiger partial charge < -0.3 is 10.3 Å². The van der Waals surface area contributed by atoms with Crippen LogP contribution in [0.5, 0.6) is 0 Å². The summed E-state index contributed by atoms with van der Waals surface area (Å²) in [6.07, 6.45) is 12.2. The van der Waals surface area contributed by atoms with E-state index in [-0.39, 0.29) is 17.6 Å². The molecule has 7 rings (SSSR count). The first-order valence-corrected chi connectivity index (χ1v) is 13.9. The smallest absolute Gasteiger partial charge is 0.227 e. The van der Waals surface area contributed by atoms with Crippen LogP contribution < -0.4 is 5.32 Å². The second-order valence-corrected chi connectivity index (χ2v) is 10.8. The Morgan fingerprint density at radius 1 is 0.902 bits per heavy atom. The molecule has 1 fully saturated rings. The summed E-state index contributed by atoms with van der Waals surface area (Å²) < 4.78 is 14.2. The number of fused-ring (bicyclic) bond motifs is 2. The highest BCUT2D eigenvalue weighted by molar-refractivity contribution is 6.00. The Labute approximate surface area is 235 Å². The number of aromatic amines is 2. The average Bonchev–Trinajstić information content (AvgIpc) is 3.61. The predicted molar refractivity (Wildman–Crippen MR) is 158 cm³/mol. The van der Waals surface area contributed by atoms with Crippen LogP contribution in [-0.4, -0.2) is 36.0 Å². The molecule has 6 aromatic rings. The zero-order valence-corrected chi connectivity index (χ0v) is 22.5. The number of H-pyrrole nitrogens is 2. The van der Waals surface area contributed by atoms with E-state index in [1.807, 2.05) is 37.3 Å². The van der Waals surface area contributed by atoms with Crippen molar-refractivity contribution in [3.63, 3.8) is 0 Å². The van der Waals surface area contributed by atoms with E-state index in [0.717, 1.165) is 69.9 Å². The summed E-state index contributed by atoms with van der Waals surface area (Å²) in [7, 11) is 0. The van der Waals surface area contributed by atoms with Crippen molar-refractivity contribution in [1.82, 2.24) is 30.1 Å². The highest BCUT2D eigenvalue weighted by atomic mass is 19.1. The largest absolute Gasteiger partial charge is 0.353 e. The van der Waals surface area contributed by atoms with Gasteiger partial charge in [0.15, 0.2) is 5.65 Å². The number of benzene rings is 1. The molecule has 5 aromatic heterocycles. The SMILES string of the molecule is Cc1cc(F)cc(-c2nccc3[nH]c(-c4n[nH]c5ncc(-c6cncc(NC(=O)C7CCCCC7)c6)cc45)cc23)c1. The number of aryl methyl sites for hydroxylation is 1. The Hall–Kier alpha value is -4.92. The van der Waals surface area contributed by atoms with Gasteiger partial charge in [-0.1, -0.05) is 19.3 Å². The van der Waals surface area contributed by atoms with E-state index in [0.29, 0.717) is 22.7 Å². The topological polar surface area (TPSA) is 112 Å². The Bertz CT molecular complexity index is 1900. The van der Waals surface area contributed by atoms with Crippen molar-refractivity contribution in [2.45, 2.75) is 39.0 Å². The van der Waals surface area contributed by atoms with Gasteiger partial charge in [-0.15, -0.1) is 0 Å². The van der Waals surface area contributed by atoms with E-state index in [4.69, 9.17) is 0 Å². The van der Waals surface area contributed by atoms with Crippen LogP contribution in [0.25, 0.3) is 55.7 Å². The zero-order valence-electron chi connectivity index (χ0n) is 22.5. The van der Waals surface area contributed by atoms with Crippen LogP contribution in [0.15, 0.2) is 67.3 Å². The molecule has 9 heteroatoms. The summed E-state index contributed by atoms with van der Waals surface area (Å²) in [5.74, 6) is -0.162. The molecule has 1 saturated carbocycles. The van der Waals surface area contributed by atoms with Gasteiger partial charge in [-0.3, -0.25) is 19.9 Å². The number of carbonyl (C=O) groups excluding carboxylic acids is 1. The van der Waals surface area contributed by atoms with Crippen LogP contribution in [0, 0.1) is 18.7 Å². The number of rotatable bonds is 5. The molecule has 0 bridgehead atoms. The minimum Gasteiger partial charge on any atom is -0.353 e. The number of halogens is 1. The van der Waals surface area contributed by atoms with E-state index < -0.39 is 0 Å². The van der Waals surface area contributed by atoms with Crippen molar-refractivity contribution in [1.29, 1.82) is 0 Å². The highest BCUT2D eigenvalue weighted by Crippen LogP contribution is 2.34. The van der Waals surface area contributed by atoms with E-state index in [2.05, 4.69) is 35.5 Å². The third-order valence-corrected chi connectivity index (χ3v) is 7.85. The predicted octanol–water partition coefficient (Wildman–Crippen LogP) is 7.20. The monoisotopic (exact) mass is 545 g/mol. The van der Waals surface area contributed by atoms with Gasteiger partial charge in [0.25, 0.3) is 0 Å². The molecule has 0 saturated heterocycles. The van der Waals surface area contributed by atoms with Crippen molar-refractivity contribution in [2.75, 3.05) is 5.32 Å². The molecule has 1 aromatic carbocycles. The van der Waals surface area contributed by atoms with Crippen molar-refractivity contribution < 1.29 is 9.18 Å². The number of amides is 1. The number of nitrogens with zero attached hydrogens (tertiary/aromatic N) is 4. The Kier molecular flexibility index (Phi) is 6.26. The van der Waals surface area contributed by atoms with Gasteiger partial charge in [-0.05, 0) is 67.8 Å². The van der Waals surface area contributed by atoms with E-state index in [1.165, 1.54) is 18.6 Å². The van der Waals surface area contributed by atoms with Crippen LogP contribution in [-0.2, 0) is 4.79 Å². The molecule has 1 aliphatic rings. The quantitative estimate of drug-likeness (QED) is 0.212. The molecule has 0 unspecified atom stereocenters. The molecular weight excluding hydrogens is 517 g/mol. The molecule has 5 heterocycles. The molecule has 0 radical (unpaired) electrons. The van der Waals surface area contributed by atoms with E-state index in [9.17, 15) is 9.18 Å². The first-order chi connectivity index (χ1) is 20.0. The molecule has 3 N–H and O–H groups in total. The summed E-state index contributed by atoms with van der Waals surface area (Å²) in [6, 6.07) is 12.8. The fourth-order valence-electron chi connectivity index (χ4n) is 5.83. The fraction of sp³-hybridized carbons (Fsp3) is 0.219. The van der Waals surface area contributed by atoms with Crippen molar-refractivity contribution in [3.05, 3.63) is 78.6 Å². The number of nitrogens with one attached hydrogen (secondary N) is 3. The van der Waals surface area contributed by atoms with Crippen LogP contribution >= 0.6 is 0 Å². The molecule has 204 valence electrons. The van der Waals surface area contributed by atoms with Crippen molar-refractivity contribution >= 4 is 33.5 Å². The van der Waals surface area contributed by atoms with Gasteiger partial charge in [-0.2, -0.15) is 5.10 Å². The van der Waals surface area contributed by atoms with Gasteiger partial charge in [0, 0.05) is 57.5 Å². The van der Waals surface area contributed by atoms with Crippen LogP contribution in [0.1, 0.15) is 37.7 Å². The van der Waals surface area contributed by atoms with Gasteiger partial charge in [0.1, 0.15) is 11.5 Å². The maximum atomic E-state index is 14.2. The summed E-state index contributed by atoms with van der Waals surface area (Å²) in [4.78, 5) is 29.8. The van der Waals surface area contributed by atoms with Crippen molar-refractivity contribution in [3.8, 4) is 33.8 Å². The molecule has 0 spiro atoms. The number of aromatic nitrogens is 6. The molecule has 41 heavy (non-hydrogen) atoms. The first-order valence-electron chi connectivity index (χ1n) is 13.9. The molecule has 1 amide bonds. The molecule has 0 aliphatic heterocycles. The van der Waals surface area contributed by atoms with E-state index >= 15 is 0 Å². The third-order valence-electron chi connectivity index (χ3n) is 7.85. The lowest BCUT2D eigenvalue weighted by Crippen LogP contribution is -2.24. The summed E-state index contributed by atoms with van der Waals surface area (Å²) in [5, 5.41) is 12.4. The fourth-order valence-corrected chi connectivity index (χ4v) is 5.83. The molecule has 8 nitrogen and oxygen atoms in total. The van der Waals surface area contributed by atoms with Crippen molar-refractivity contribution in [2.24, 2.45) is 5.92 Å². The molecule has 1 aliphatic carbocycles. The third kappa shape index (κ3) is 4.84. The van der Waals surface area contributed by atoms with Crippen LogP contribution in [0.2, 0.25) is 0 Å². The zero-order chi connectivity index (χ0) is 27.9. The first kappa shape index (κ1) is 25.1. The second kappa shape index (κ2) is 10.2. The van der Waals surface area contributed by atoms with E-state index in [1.54, 1.807) is 24.8 Å². The minimum absolute atomic E-state index is 0.0652. The maximum absolute atomic E-state index is 14.2. The number of hydrogen-bond acceptors (Lipinski definition) is 5. The number of pyridine rings is 3. The minimum atomic E-state index is -0.293. The Morgan fingerprint density at radius 2 is 1.76 bits per heavy atom. The van der Waals surface area contributed by atoms with Gasteiger partial charge in [0.2, 0.25) is 5.91 Å². The Morgan fingerprint density at radius 3 is 2.61 bits per heavy atom. The van der Waals surface area contributed by atoms with Gasteiger partial charge >= 0.3 is 0 Å². The Balaban J connectivity index is 1.23. The summed E-state index contributed by atoms with van der Waals surface area (Å²) in [5.41, 5.74) is 7.65. The number of anilines is 1. The number of hydrogen-bond donors (Lipinski definition) is 3. The molecule has 0 atom stereocenters. The van der Waals surface area contributed by atoms with Gasteiger partial charge in [0.05, 0.1) is 23.3 Å². The maximum Gasteiger partial charge on any atom is 0.227 e. The lowest BCUT2D eigenvalue weighted by Gasteiger charge is -2.20. The van der Waals surface area contributed by atoms with Gasteiger partial charge in [-0.25, -0.2) is 9.37 Å². The van der Waals surface area contributed by atoms with Crippen LogP contribution in [0.3, 0.4) is 0 Å². The lowest BCUT2D eigenvalue weighted by molar-refractivity contribution is -0.120. The van der Waals surface area contributed by atoms with Crippen LogP contribution in [0.4, 0.5) is 10.1 Å². The summed E-state index contributed by atoms with van der Waals surface area (Å²) in [6.45, 7) is 1.87. The normalized spacial score (nSPS) is 14.1. The molecular formula is C32H28FN7O.